The molecule has 2 aliphatic rings. The summed E-state index contributed by atoms with van der Waals surface area (Å²) in [4.78, 5) is 1.56. The molecule has 1 N–H and O–H groups in total. The number of rotatable bonds is 5. The highest BCUT2D eigenvalue weighted by Gasteiger charge is 2.33. The molecule has 3 unspecified atom stereocenters. The van der Waals surface area contributed by atoms with E-state index in [1.807, 2.05) is 11.3 Å². The van der Waals surface area contributed by atoms with Crippen molar-refractivity contribution in [2.45, 2.75) is 51.5 Å². The van der Waals surface area contributed by atoms with Crippen LogP contribution in [0.5, 0.6) is 0 Å². The van der Waals surface area contributed by atoms with Gasteiger partial charge in [0.2, 0.25) is 0 Å². The molecule has 3 atom stereocenters. The van der Waals surface area contributed by atoms with Crippen LogP contribution >= 0.6 is 11.3 Å². The highest BCUT2D eigenvalue weighted by molar-refractivity contribution is 7.10. The molecule has 0 amide bonds. The van der Waals surface area contributed by atoms with E-state index in [9.17, 15) is 0 Å². The molecule has 100 valence electrons. The normalized spacial score (nSPS) is 30.3. The Bertz CT molecular complexity index is 355. The van der Waals surface area contributed by atoms with E-state index in [1.165, 1.54) is 45.1 Å². The van der Waals surface area contributed by atoms with Crippen LogP contribution in [0.3, 0.4) is 0 Å². The van der Waals surface area contributed by atoms with Crippen LogP contribution in [0.4, 0.5) is 0 Å². The van der Waals surface area contributed by atoms with E-state index in [1.54, 1.807) is 4.88 Å². The molecular formula is C16H25NS. The van der Waals surface area contributed by atoms with E-state index >= 15 is 0 Å². The molecule has 18 heavy (non-hydrogen) atoms. The predicted molar refractivity (Wildman–Crippen MR) is 78.9 cm³/mol. The fourth-order valence-electron chi connectivity index (χ4n) is 3.44. The first-order chi connectivity index (χ1) is 8.83. The number of hydrogen-bond acceptors (Lipinski definition) is 2. The van der Waals surface area contributed by atoms with Crippen molar-refractivity contribution in [3.05, 3.63) is 22.4 Å². The maximum absolute atomic E-state index is 3.88. The van der Waals surface area contributed by atoms with Crippen molar-refractivity contribution in [3.63, 3.8) is 0 Å². The van der Waals surface area contributed by atoms with Crippen molar-refractivity contribution in [1.82, 2.24) is 5.32 Å². The molecule has 0 saturated heterocycles. The minimum Gasteiger partial charge on any atom is -0.309 e. The van der Waals surface area contributed by atoms with Gasteiger partial charge in [-0.2, -0.15) is 0 Å². The molecular weight excluding hydrogens is 238 g/mol. The summed E-state index contributed by atoms with van der Waals surface area (Å²) >= 11 is 1.92. The Kier molecular flexibility index (Phi) is 4.05. The maximum Gasteiger partial charge on any atom is 0.0443 e. The van der Waals surface area contributed by atoms with Gasteiger partial charge in [0.1, 0.15) is 0 Å². The van der Waals surface area contributed by atoms with E-state index in [4.69, 9.17) is 0 Å². The minimum atomic E-state index is 0.655. The Morgan fingerprint density at radius 3 is 2.89 bits per heavy atom. The lowest BCUT2D eigenvalue weighted by atomic mass is 9.82. The highest BCUT2D eigenvalue weighted by Crippen LogP contribution is 2.42. The lowest BCUT2D eigenvalue weighted by Gasteiger charge is -2.28. The molecule has 1 heterocycles. The highest BCUT2D eigenvalue weighted by atomic mass is 32.1. The first-order valence-corrected chi connectivity index (χ1v) is 8.47. The summed E-state index contributed by atoms with van der Waals surface area (Å²) in [5, 5.41) is 6.10. The number of hydrogen-bond donors (Lipinski definition) is 1. The van der Waals surface area contributed by atoms with Crippen molar-refractivity contribution in [3.8, 4) is 0 Å². The average Bonchev–Trinajstić information content (AvgIpc) is 3.05. The SMILES string of the molecule is CC1CCCC(CNC(c2cccs2)C2CC2)C1. The molecule has 0 bridgehead atoms. The van der Waals surface area contributed by atoms with Crippen molar-refractivity contribution in [2.75, 3.05) is 6.54 Å². The van der Waals surface area contributed by atoms with Crippen LogP contribution in [0.1, 0.15) is 56.4 Å². The maximum atomic E-state index is 3.88. The Balaban J connectivity index is 1.54. The molecule has 2 aliphatic carbocycles. The molecule has 1 nitrogen and oxygen atoms in total. The quantitative estimate of drug-likeness (QED) is 0.817. The van der Waals surface area contributed by atoms with Gasteiger partial charge in [-0.25, -0.2) is 0 Å². The first kappa shape index (κ1) is 12.7. The van der Waals surface area contributed by atoms with Crippen LogP contribution < -0.4 is 5.32 Å². The molecule has 2 fully saturated rings. The van der Waals surface area contributed by atoms with Crippen LogP contribution in [0, 0.1) is 17.8 Å². The Morgan fingerprint density at radius 1 is 1.33 bits per heavy atom. The zero-order chi connectivity index (χ0) is 12.4. The fraction of sp³-hybridized carbons (Fsp3) is 0.750. The summed E-state index contributed by atoms with van der Waals surface area (Å²) < 4.78 is 0. The summed E-state index contributed by atoms with van der Waals surface area (Å²) in [6, 6.07) is 5.16. The number of thiophene rings is 1. The molecule has 0 aliphatic heterocycles. The monoisotopic (exact) mass is 263 g/mol. The zero-order valence-corrected chi connectivity index (χ0v) is 12.2. The Morgan fingerprint density at radius 2 is 2.22 bits per heavy atom. The van der Waals surface area contributed by atoms with Gasteiger partial charge in [0.25, 0.3) is 0 Å². The van der Waals surface area contributed by atoms with Gasteiger partial charge in [0.15, 0.2) is 0 Å². The minimum absolute atomic E-state index is 0.655. The zero-order valence-electron chi connectivity index (χ0n) is 11.4. The molecule has 1 aromatic heterocycles. The molecule has 2 saturated carbocycles. The van der Waals surface area contributed by atoms with Gasteiger partial charge in [-0.1, -0.05) is 25.8 Å². The Labute approximate surface area is 115 Å². The molecule has 0 aromatic carbocycles. The van der Waals surface area contributed by atoms with E-state index < -0.39 is 0 Å². The third-order valence-electron chi connectivity index (χ3n) is 4.61. The van der Waals surface area contributed by atoms with Crippen molar-refractivity contribution >= 4 is 11.3 Å². The van der Waals surface area contributed by atoms with E-state index in [0.29, 0.717) is 6.04 Å². The standard InChI is InChI=1S/C16H25NS/c1-12-4-2-5-13(10-12)11-17-16(14-7-8-14)15-6-3-9-18-15/h3,6,9,12-14,16-17H,2,4-5,7-8,10-11H2,1H3. The molecule has 0 spiro atoms. The lowest BCUT2D eigenvalue weighted by molar-refractivity contribution is 0.264. The van der Waals surface area contributed by atoms with E-state index in [2.05, 4.69) is 29.8 Å². The van der Waals surface area contributed by atoms with Crippen LogP contribution in [0.2, 0.25) is 0 Å². The predicted octanol–water partition coefficient (Wildman–Crippen LogP) is 4.62. The number of nitrogens with one attached hydrogen (secondary N) is 1. The van der Waals surface area contributed by atoms with Crippen LogP contribution in [0.15, 0.2) is 17.5 Å². The topological polar surface area (TPSA) is 12.0 Å². The van der Waals surface area contributed by atoms with Crippen molar-refractivity contribution in [1.29, 1.82) is 0 Å². The molecule has 1 aromatic rings. The smallest absolute Gasteiger partial charge is 0.0443 e. The second kappa shape index (κ2) is 5.75. The summed E-state index contributed by atoms with van der Waals surface area (Å²) in [7, 11) is 0. The van der Waals surface area contributed by atoms with Gasteiger partial charge < -0.3 is 5.32 Å². The second-order valence-corrected chi connectivity index (χ2v) is 7.36. The summed E-state index contributed by atoms with van der Waals surface area (Å²) in [5.74, 6) is 2.80. The third kappa shape index (κ3) is 3.16. The summed E-state index contributed by atoms with van der Waals surface area (Å²) in [6.45, 7) is 3.66. The Hall–Kier alpha value is -0.340. The largest absolute Gasteiger partial charge is 0.309 e. The fourth-order valence-corrected chi connectivity index (χ4v) is 4.33. The van der Waals surface area contributed by atoms with Crippen molar-refractivity contribution < 1.29 is 0 Å². The first-order valence-electron chi connectivity index (χ1n) is 7.59. The van der Waals surface area contributed by atoms with E-state index in [-0.39, 0.29) is 0 Å². The molecule has 2 heteroatoms. The van der Waals surface area contributed by atoms with Gasteiger partial charge in [0, 0.05) is 10.9 Å². The van der Waals surface area contributed by atoms with Gasteiger partial charge >= 0.3 is 0 Å². The van der Waals surface area contributed by atoms with Gasteiger partial charge in [0.05, 0.1) is 0 Å². The van der Waals surface area contributed by atoms with Crippen LogP contribution in [-0.2, 0) is 0 Å². The lowest BCUT2D eigenvalue weighted by Crippen LogP contribution is -2.30. The molecule has 3 rings (SSSR count). The summed E-state index contributed by atoms with van der Waals surface area (Å²) in [6.07, 6.45) is 8.63. The second-order valence-electron chi connectivity index (χ2n) is 6.38. The molecule has 0 radical (unpaired) electrons. The van der Waals surface area contributed by atoms with Gasteiger partial charge in [-0.3, -0.25) is 0 Å². The van der Waals surface area contributed by atoms with Crippen LogP contribution in [0.25, 0.3) is 0 Å². The average molecular weight is 263 g/mol. The van der Waals surface area contributed by atoms with E-state index in [0.717, 1.165) is 17.8 Å². The van der Waals surface area contributed by atoms with Gasteiger partial charge in [-0.05, 0) is 61.4 Å². The van der Waals surface area contributed by atoms with Gasteiger partial charge in [-0.15, -0.1) is 11.3 Å². The summed E-state index contributed by atoms with van der Waals surface area (Å²) in [5.41, 5.74) is 0. The third-order valence-corrected chi connectivity index (χ3v) is 5.57. The van der Waals surface area contributed by atoms with Crippen molar-refractivity contribution in [2.24, 2.45) is 17.8 Å². The van der Waals surface area contributed by atoms with Crippen LogP contribution in [-0.4, -0.2) is 6.54 Å².